The lowest BCUT2D eigenvalue weighted by atomic mass is 10.0. The van der Waals surface area contributed by atoms with E-state index in [1.807, 2.05) is 51.1 Å². The zero-order valence-electron chi connectivity index (χ0n) is 23.3. The van der Waals surface area contributed by atoms with Gasteiger partial charge in [0.1, 0.15) is 12.6 Å². The van der Waals surface area contributed by atoms with E-state index < -0.39 is 34.1 Å². The molecule has 40 heavy (non-hydrogen) atoms. The Balaban J connectivity index is 2.13. The van der Waals surface area contributed by atoms with Gasteiger partial charge in [0.25, 0.3) is 0 Å². The van der Waals surface area contributed by atoms with Crippen LogP contribution in [0.5, 0.6) is 0 Å². The van der Waals surface area contributed by atoms with Crippen molar-refractivity contribution < 1.29 is 18.0 Å². The van der Waals surface area contributed by atoms with Crippen LogP contribution in [0.2, 0.25) is 10.0 Å². The number of halogens is 2. The Kier molecular flexibility index (Phi) is 10.3. The quantitative estimate of drug-likeness (QED) is 0.326. The molecule has 0 radical (unpaired) electrons. The number of hydrogen-bond donors (Lipinski definition) is 1. The average molecular weight is 605 g/mol. The Morgan fingerprint density at radius 3 is 2.02 bits per heavy atom. The number of amides is 2. The summed E-state index contributed by atoms with van der Waals surface area (Å²) in [6.07, 6.45) is 1.25. The Hall–Kier alpha value is -3.07. The molecule has 0 bridgehead atoms. The highest BCUT2D eigenvalue weighted by molar-refractivity contribution is 7.92. The van der Waals surface area contributed by atoms with E-state index in [2.05, 4.69) is 5.32 Å². The standard InChI is InChI=1S/C30H35Cl2N3O4S/c1-21-12-9-10-17-26(21)35(40(5,38)39)20-28(36)34(19-23-24(31)15-11-16-25(23)32)27(29(37)33-30(2,3)4)18-22-13-7-6-8-14-22/h6-17,27H,18-20H2,1-5H3,(H,33,37). The van der Waals surface area contributed by atoms with Gasteiger partial charge in [-0.25, -0.2) is 8.42 Å². The predicted molar refractivity (Wildman–Crippen MR) is 162 cm³/mol. The van der Waals surface area contributed by atoms with Gasteiger partial charge in [-0.3, -0.25) is 13.9 Å². The van der Waals surface area contributed by atoms with Crippen molar-refractivity contribution in [3.63, 3.8) is 0 Å². The third-order valence-corrected chi connectivity index (χ3v) is 8.06. The SMILES string of the molecule is Cc1ccccc1N(CC(=O)N(Cc1c(Cl)cccc1Cl)C(Cc1ccccc1)C(=O)NC(C)(C)C)S(C)(=O)=O. The normalized spacial score (nSPS) is 12.5. The van der Waals surface area contributed by atoms with Crippen LogP contribution in [-0.4, -0.2) is 49.5 Å². The predicted octanol–water partition coefficient (Wildman–Crippen LogP) is 5.62. The molecule has 3 rings (SSSR count). The molecule has 0 aliphatic heterocycles. The highest BCUT2D eigenvalue weighted by atomic mass is 35.5. The van der Waals surface area contributed by atoms with Gasteiger partial charge in [-0.05, 0) is 57.0 Å². The maximum Gasteiger partial charge on any atom is 0.244 e. The van der Waals surface area contributed by atoms with Crippen molar-refractivity contribution in [3.05, 3.63) is 99.5 Å². The molecule has 0 aliphatic rings. The van der Waals surface area contributed by atoms with Crippen molar-refractivity contribution in [2.24, 2.45) is 0 Å². The van der Waals surface area contributed by atoms with Gasteiger partial charge in [-0.2, -0.15) is 0 Å². The third-order valence-electron chi connectivity index (χ3n) is 6.22. The smallest absolute Gasteiger partial charge is 0.244 e. The molecule has 10 heteroatoms. The first kappa shape index (κ1) is 31.5. The minimum Gasteiger partial charge on any atom is -0.350 e. The number of benzene rings is 3. The second-order valence-electron chi connectivity index (χ2n) is 10.7. The topological polar surface area (TPSA) is 86.8 Å². The third kappa shape index (κ3) is 8.46. The number of aryl methyl sites for hydroxylation is 1. The molecule has 1 N–H and O–H groups in total. The lowest BCUT2D eigenvalue weighted by molar-refractivity contribution is -0.140. The molecule has 0 spiro atoms. The van der Waals surface area contributed by atoms with Gasteiger partial charge in [-0.1, -0.05) is 77.8 Å². The number of carbonyl (C=O) groups is 2. The number of rotatable bonds is 10. The maximum absolute atomic E-state index is 14.2. The van der Waals surface area contributed by atoms with Crippen LogP contribution in [0.3, 0.4) is 0 Å². The molecular weight excluding hydrogens is 569 g/mol. The van der Waals surface area contributed by atoms with Crippen LogP contribution in [0.4, 0.5) is 5.69 Å². The highest BCUT2D eigenvalue weighted by Crippen LogP contribution is 2.28. The van der Waals surface area contributed by atoms with Crippen molar-refractivity contribution >= 4 is 50.7 Å². The van der Waals surface area contributed by atoms with Crippen LogP contribution in [0, 0.1) is 6.92 Å². The Morgan fingerprint density at radius 1 is 0.900 bits per heavy atom. The van der Waals surface area contributed by atoms with Gasteiger partial charge in [0.05, 0.1) is 11.9 Å². The fourth-order valence-electron chi connectivity index (χ4n) is 4.30. The maximum atomic E-state index is 14.2. The van der Waals surface area contributed by atoms with Crippen molar-refractivity contribution in [1.82, 2.24) is 10.2 Å². The molecule has 0 aromatic heterocycles. The molecule has 2 amide bonds. The molecule has 1 atom stereocenters. The first-order chi connectivity index (χ1) is 18.7. The molecule has 0 saturated heterocycles. The van der Waals surface area contributed by atoms with E-state index in [-0.39, 0.29) is 18.9 Å². The number of nitrogens with one attached hydrogen (secondary N) is 1. The van der Waals surface area contributed by atoms with Crippen LogP contribution in [0.15, 0.2) is 72.8 Å². The summed E-state index contributed by atoms with van der Waals surface area (Å²) in [4.78, 5) is 29.3. The summed E-state index contributed by atoms with van der Waals surface area (Å²) in [5.41, 5.74) is 1.78. The van der Waals surface area contributed by atoms with Crippen LogP contribution in [-0.2, 0) is 32.6 Å². The molecule has 0 saturated carbocycles. The molecule has 0 fully saturated rings. The van der Waals surface area contributed by atoms with Crippen LogP contribution >= 0.6 is 23.2 Å². The second kappa shape index (κ2) is 13.1. The van der Waals surface area contributed by atoms with Gasteiger partial charge < -0.3 is 10.2 Å². The fourth-order valence-corrected chi connectivity index (χ4v) is 5.72. The van der Waals surface area contributed by atoms with E-state index in [0.717, 1.165) is 16.1 Å². The van der Waals surface area contributed by atoms with Gasteiger partial charge in [-0.15, -0.1) is 0 Å². The minimum absolute atomic E-state index is 0.0994. The lowest BCUT2D eigenvalue weighted by Crippen LogP contribution is -2.56. The number of hydrogen-bond acceptors (Lipinski definition) is 4. The fraction of sp³-hybridized carbons (Fsp3) is 0.333. The van der Waals surface area contributed by atoms with E-state index in [9.17, 15) is 18.0 Å². The molecular formula is C30H35Cl2N3O4S. The number of para-hydroxylation sites is 1. The first-order valence-electron chi connectivity index (χ1n) is 12.8. The van der Waals surface area contributed by atoms with Crippen molar-refractivity contribution in [3.8, 4) is 0 Å². The number of carbonyl (C=O) groups excluding carboxylic acids is 2. The minimum atomic E-state index is -3.86. The van der Waals surface area contributed by atoms with Gasteiger partial charge in [0, 0.05) is 34.1 Å². The molecule has 214 valence electrons. The average Bonchev–Trinajstić information content (AvgIpc) is 2.85. The van der Waals surface area contributed by atoms with E-state index in [4.69, 9.17) is 23.2 Å². The molecule has 3 aromatic carbocycles. The van der Waals surface area contributed by atoms with Crippen molar-refractivity contribution in [2.45, 2.75) is 52.2 Å². The van der Waals surface area contributed by atoms with Crippen molar-refractivity contribution in [1.29, 1.82) is 0 Å². The van der Waals surface area contributed by atoms with Crippen LogP contribution in [0.1, 0.15) is 37.5 Å². The Bertz CT molecular complexity index is 1440. The highest BCUT2D eigenvalue weighted by Gasteiger charge is 2.35. The number of nitrogens with zero attached hydrogens (tertiary/aromatic N) is 2. The summed E-state index contributed by atoms with van der Waals surface area (Å²) < 4.78 is 26.9. The Labute approximate surface area is 247 Å². The number of sulfonamides is 1. The summed E-state index contributed by atoms with van der Waals surface area (Å²) in [6, 6.07) is 20.3. The van der Waals surface area contributed by atoms with Crippen LogP contribution in [0.25, 0.3) is 0 Å². The lowest BCUT2D eigenvalue weighted by Gasteiger charge is -2.35. The van der Waals surface area contributed by atoms with E-state index in [0.29, 0.717) is 26.9 Å². The van der Waals surface area contributed by atoms with Gasteiger partial charge in [0.15, 0.2) is 0 Å². The van der Waals surface area contributed by atoms with E-state index >= 15 is 0 Å². The molecule has 3 aromatic rings. The van der Waals surface area contributed by atoms with E-state index in [1.54, 1.807) is 49.4 Å². The molecule has 0 heterocycles. The molecule has 7 nitrogen and oxygen atoms in total. The first-order valence-corrected chi connectivity index (χ1v) is 15.4. The van der Waals surface area contributed by atoms with Gasteiger partial charge >= 0.3 is 0 Å². The second-order valence-corrected chi connectivity index (χ2v) is 13.4. The zero-order chi connectivity index (χ0) is 29.7. The number of anilines is 1. The van der Waals surface area contributed by atoms with Crippen molar-refractivity contribution in [2.75, 3.05) is 17.1 Å². The summed E-state index contributed by atoms with van der Waals surface area (Å²) in [5.74, 6) is -0.954. The molecule has 1 unspecified atom stereocenters. The Morgan fingerprint density at radius 2 is 1.48 bits per heavy atom. The van der Waals surface area contributed by atoms with E-state index in [1.165, 1.54) is 4.90 Å². The monoisotopic (exact) mass is 603 g/mol. The largest absolute Gasteiger partial charge is 0.350 e. The van der Waals surface area contributed by atoms with Gasteiger partial charge in [0.2, 0.25) is 21.8 Å². The summed E-state index contributed by atoms with van der Waals surface area (Å²) in [5, 5.41) is 3.65. The van der Waals surface area contributed by atoms with Crippen LogP contribution < -0.4 is 9.62 Å². The summed E-state index contributed by atoms with van der Waals surface area (Å²) in [6.45, 7) is 6.72. The summed E-state index contributed by atoms with van der Waals surface area (Å²) in [7, 11) is -3.86. The molecule has 0 aliphatic carbocycles. The summed E-state index contributed by atoms with van der Waals surface area (Å²) >= 11 is 13.0. The zero-order valence-corrected chi connectivity index (χ0v) is 25.6.